The normalized spacial score (nSPS) is 11.5. The van der Waals surface area contributed by atoms with Gasteiger partial charge in [-0.2, -0.15) is 0 Å². The highest BCUT2D eigenvalue weighted by atomic mass is 127. The minimum absolute atomic E-state index is 0.130. The van der Waals surface area contributed by atoms with E-state index in [1.807, 2.05) is 37.3 Å². The Labute approximate surface area is 155 Å². The summed E-state index contributed by atoms with van der Waals surface area (Å²) in [6, 6.07) is 10.9. The zero-order valence-corrected chi connectivity index (χ0v) is 16.2. The van der Waals surface area contributed by atoms with Crippen LogP contribution in [0.3, 0.4) is 0 Å². The summed E-state index contributed by atoms with van der Waals surface area (Å²) in [6.45, 7) is 1.91. The molecule has 24 heavy (non-hydrogen) atoms. The summed E-state index contributed by atoms with van der Waals surface area (Å²) in [5, 5.41) is 2.99. The topological polar surface area (TPSA) is 56.8 Å². The third-order valence-electron chi connectivity index (χ3n) is 3.62. The molecule has 0 saturated heterocycles. The number of halogens is 1. The van der Waals surface area contributed by atoms with Crippen molar-refractivity contribution < 1.29 is 19.0 Å². The first-order valence-electron chi connectivity index (χ1n) is 7.36. The second-order valence-electron chi connectivity index (χ2n) is 5.16. The highest BCUT2D eigenvalue weighted by Crippen LogP contribution is 2.39. The molecule has 2 aromatic rings. The van der Waals surface area contributed by atoms with Gasteiger partial charge in [-0.25, -0.2) is 0 Å². The lowest BCUT2D eigenvalue weighted by atomic mass is 10.1. The molecule has 2 rings (SSSR count). The molecular formula is C18H20INO4. The quantitative estimate of drug-likeness (QED) is 0.693. The monoisotopic (exact) mass is 441 g/mol. The number of ether oxygens (including phenoxy) is 3. The number of benzene rings is 2. The van der Waals surface area contributed by atoms with Crippen molar-refractivity contribution in [1.82, 2.24) is 5.32 Å². The maximum absolute atomic E-state index is 12.4. The number of carbonyl (C=O) groups excluding carboxylic acids is 1. The molecule has 1 atom stereocenters. The van der Waals surface area contributed by atoms with Crippen molar-refractivity contribution in [1.29, 1.82) is 0 Å². The van der Waals surface area contributed by atoms with Crippen LogP contribution in [0.2, 0.25) is 0 Å². The van der Waals surface area contributed by atoms with Gasteiger partial charge in [0.2, 0.25) is 5.75 Å². The van der Waals surface area contributed by atoms with E-state index in [0.717, 1.165) is 9.13 Å². The zero-order chi connectivity index (χ0) is 17.7. The van der Waals surface area contributed by atoms with E-state index in [2.05, 4.69) is 27.9 Å². The van der Waals surface area contributed by atoms with Crippen molar-refractivity contribution in [2.75, 3.05) is 21.3 Å². The molecule has 1 amide bonds. The predicted octanol–water partition coefficient (Wildman–Crippen LogP) is 3.81. The molecule has 5 nitrogen and oxygen atoms in total. The van der Waals surface area contributed by atoms with E-state index >= 15 is 0 Å². The fourth-order valence-corrected chi connectivity index (χ4v) is 2.89. The number of rotatable bonds is 6. The summed E-state index contributed by atoms with van der Waals surface area (Å²) < 4.78 is 17.0. The molecule has 0 aliphatic heterocycles. The van der Waals surface area contributed by atoms with E-state index in [-0.39, 0.29) is 11.9 Å². The molecule has 2 aromatic carbocycles. The maximum Gasteiger partial charge on any atom is 0.251 e. The van der Waals surface area contributed by atoms with Crippen LogP contribution >= 0.6 is 22.6 Å². The lowest BCUT2D eigenvalue weighted by molar-refractivity contribution is 0.0939. The van der Waals surface area contributed by atoms with Gasteiger partial charge in [0.25, 0.3) is 5.91 Å². The van der Waals surface area contributed by atoms with Crippen molar-refractivity contribution in [2.24, 2.45) is 0 Å². The second-order valence-corrected chi connectivity index (χ2v) is 6.41. The Balaban J connectivity index is 2.26. The number of nitrogens with one attached hydrogen (secondary N) is 1. The third kappa shape index (κ3) is 4.11. The van der Waals surface area contributed by atoms with E-state index in [9.17, 15) is 4.79 Å². The number of methoxy groups -OCH3 is 3. The van der Waals surface area contributed by atoms with Gasteiger partial charge in [0.15, 0.2) is 11.5 Å². The van der Waals surface area contributed by atoms with E-state index in [0.29, 0.717) is 22.8 Å². The molecule has 0 radical (unpaired) electrons. The van der Waals surface area contributed by atoms with Crippen molar-refractivity contribution in [3.05, 3.63) is 51.1 Å². The smallest absolute Gasteiger partial charge is 0.251 e. The number of carbonyl (C=O) groups is 1. The summed E-state index contributed by atoms with van der Waals surface area (Å²) in [5.41, 5.74) is 1.49. The van der Waals surface area contributed by atoms with Gasteiger partial charge in [-0.1, -0.05) is 6.07 Å². The number of hydrogen-bond acceptors (Lipinski definition) is 4. The van der Waals surface area contributed by atoms with Gasteiger partial charge in [0.1, 0.15) is 0 Å². The minimum Gasteiger partial charge on any atom is -0.493 e. The fourth-order valence-electron chi connectivity index (χ4n) is 2.34. The van der Waals surface area contributed by atoms with Gasteiger partial charge in [-0.3, -0.25) is 4.79 Å². The maximum atomic E-state index is 12.4. The SMILES string of the molecule is COc1cc(C(C)NC(=O)c2cccc(I)c2)cc(OC)c1OC. The van der Waals surface area contributed by atoms with Crippen LogP contribution in [0.15, 0.2) is 36.4 Å². The van der Waals surface area contributed by atoms with E-state index < -0.39 is 0 Å². The Morgan fingerprint density at radius 3 is 2.17 bits per heavy atom. The third-order valence-corrected chi connectivity index (χ3v) is 4.29. The molecule has 0 aliphatic rings. The predicted molar refractivity (Wildman–Crippen MR) is 101 cm³/mol. The van der Waals surface area contributed by atoms with E-state index in [1.54, 1.807) is 27.4 Å². The lowest BCUT2D eigenvalue weighted by Crippen LogP contribution is -2.26. The Hall–Kier alpha value is -1.96. The molecule has 0 aliphatic carbocycles. The molecule has 0 aromatic heterocycles. The molecule has 0 fully saturated rings. The summed E-state index contributed by atoms with van der Waals surface area (Å²) in [6.07, 6.45) is 0. The van der Waals surface area contributed by atoms with Crippen LogP contribution in [0.25, 0.3) is 0 Å². The summed E-state index contributed by atoms with van der Waals surface area (Å²) in [5.74, 6) is 1.51. The summed E-state index contributed by atoms with van der Waals surface area (Å²) >= 11 is 2.18. The average molecular weight is 441 g/mol. The highest BCUT2D eigenvalue weighted by molar-refractivity contribution is 14.1. The Kier molecular flexibility index (Phi) is 6.30. The van der Waals surface area contributed by atoms with Gasteiger partial charge in [-0.05, 0) is 65.4 Å². The second kappa shape index (κ2) is 8.23. The molecule has 1 N–H and O–H groups in total. The number of amides is 1. The molecule has 0 bridgehead atoms. The standard InChI is InChI=1S/C18H20INO4/c1-11(20-18(21)12-6-5-7-14(19)8-12)13-9-15(22-2)17(24-4)16(10-13)23-3/h5-11H,1-4H3,(H,20,21). The van der Waals surface area contributed by atoms with Crippen molar-refractivity contribution in [3.63, 3.8) is 0 Å². The van der Waals surface area contributed by atoms with Gasteiger partial charge in [0, 0.05) is 9.13 Å². The van der Waals surface area contributed by atoms with Crippen LogP contribution in [0.1, 0.15) is 28.9 Å². The van der Waals surface area contributed by atoms with Gasteiger partial charge in [0.05, 0.1) is 27.4 Å². The molecule has 6 heteroatoms. The van der Waals surface area contributed by atoms with Crippen molar-refractivity contribution >= 4 is 28.5 Å². The van der Waals surface area contributed by atoms with Crippen LogP contribution in [0, 0.1) is 3.57 Å². The largest absolute Gasteiger partial charge is 0.493 e. The molecule has 0 spiro atoms. The first-order chi connectivity index (χ1) is 11.5. The molecule has 0 heterocycles. The fraction of sp³-hybridized carbons (Fsp3) is 0.278. The Morgan fingerprint density at radius 2 is 1.67 bits per heavy atom. The first kappa shape index (κ1) is 18.4. The Morgan fingerprint density at radius 1 is 1.04 bits per heavy atom. The van der Waals surface area contributed by atoms with Crippen LogP contribution in [-0.2, 0) is 0 Å². The van der Waals surface area contributed by atoms with E-state index in [4.69, 9.17) is 14.2 Å². The molecule has 0 saturated carbocycles. The van der Waals surface area contributed by atoms with E-state index in [1.165, 1.54) is 0 Å². The van der Waals surface area contributed by atoms with Crippen LogP contribution in [0.4, 0.5) is 0 Å². The number of hydrogen-bond donors (Lipinski definition) is 1. The van der Waals surface area contributed by atoms with Crippen molar-refractivity contribution in [2.45, 2.75) is 13.0 Å². The molecule has 1 unspecified atom stereocenters. The van der Waals surface area contributed by atoms with Gasteiger partial charge in [-0.15, -0.1) is 0 Å². The van der Waals surface area contributed by atoms with Crippen LogP contribution < -0.4 is 19.5 Å². The van der Waals surface area contributed by atoms with Crippen LogP contribution in [-0.4, -0.2) is 27.2 Å². The first-order valence-corrected chi connectivity index (χ1v) is 8.44. The molecular weight excluding hydrogens is 421 g/mol. The molecule has 128 valence electrons. The minimum atomic E-state index is -0.218. The lowest BCUT2D eigenvalue weighted by Gasteiger charge is -2.19. The van der Waals surface area contributed by atoms with Gasteiger partial charge >= 0.3 is 0 Å². The van der Waals surface area contributed by atoms with Gasteiger partial charge < -0.3 is 19.5 Å². The zero-order valence-electron chi connectivity index (χ0n) is 14.1. The highest BCUT2D eigenvalue weighted by Gasteiger charge is 2.18. The summed E-state index contributed by atoms with van der Waals surface area (Å²) in [7, 11) is 4.69. The average Bonchev–Trinajstić information content (AvgIpc) is 2.60. The van der Waals surface area contributed by atoms with Crippen LogP contribution in [0.5, 0.6) is 17.2 Å². The van der Waals surface area contributed by atoms with Crippen molar-refractivity contribution in [3.8, 4) is 17.2 Å². The Bertz CT molecular complexity index is 708. The summed E-state index contributed by atoms with van der Waals surface area (Å²) in [4.78, 5) is 12.4.